The van der Waals surface area contributed by atoms with Crippen molar-refractivity contribution in [1.29, 1.82) is 0 Å². The Hall–Kier alpha value is -0.580. The highest BCUT2D eigenvalue weighted by Crippen LogP contribution is 2.31. The number of nitrogens with zero attached hydrogens (tertiary/aromatic N) is 3. The number of hydrogen-bond donors (Lipinski definition) is 0. The van der Waals surface area contributed by atoms with Crippen molar-refractivity contribution in [2.75, 3.05) is 24.7 Å². The predicted molar refractivity (Wildman–Crippen MR) is 68.8 cm³/mol. The molecule has 0 bridgehead atoms. The molecule has 1 aromatic heterocycles. The second-order valence-corrected chi connectivity index (χ2v) is 5.24. The Morgan fingerprint density at radius 3 is 2.88 bits per heavy atom. The molecule has 1 aliphatic heterocycles. The molecule has 4 nitrogen and oxygen atoms in total. The lowest BCUT2D eigenvalue weighted by atomic mass is 10.0. The maximum Gasteiger partial charge on any atom is 0.138 e. The molecule has 0 spiro atoms. The van der Waals surface area contributed by atoms with Gasteiger partial charge in [-0.15, -0.1) is 11.6 Å². The maximum atomic E-state index is 6.05. The van der Waals surface area contributed by atoms with Crippen molar-refractivity contribution in [2.45, 2.75) is 25.3 Å². The summed E-state index contributed by atoms with van der Waals surface area (Å²) in [6.45, 7) is 6.35. The fraction of sp³-hybridized carbons (Fsp3) is 0.636. The van der Waals surface area contributed by atoms with E-state index in [1.807, 2.05) is 0 Å². The second-order valence-electron chi connectivity index (χ2n) is 4.62. The summed E-state index contributed by atoms with van der Waals surface area (Å²) in [5.41, 5.74) is 0.669. The van der Waals surface area contributed by atoms with Crippen molar-refractivity contribution in [3.63, 3.8) is 0 Å². The maximum absolute atomic E-state index is 6.05. The van der Waals surface area contributed by atoms with Crippen LogP contribution in [0.15, 0.2) is 6.33 Å². The van der Waals surface area contributed by atoms with Crippen molar-refractivity contribution < 1.29 is 4.74 Å². The summed E-state index contributed by atoms with van der Waals surface area (Å²) in [6, 6.07) is 0. The van der Waals surface area contributed by atoms with Crippen LogP contribution in [-0.2, 0) is 10.6 Å². The number of ether oxygens (including phenoxy) is 1. The van der Waals surface area contributed by atoms with E-state index in [0.29, 0.717) is 24.2 Å². The monoisotopic (exact) mass is 275 g/mol. The first kappa shape index (κ1) is 12.9. The van der Waals surface area contributed by atoms with Crippen LogP contribution in [0.1, 0.15) is 19.4 Å². The second kappa shape index (κ2) is 4.96. The van der Waals surface area contributed by atoms with Crippen molar-refractivity contribution >= 4 is 29.0 Å². The molecule has 0 aliphatic carbocycles. The van der Waals surface area contributed by atoms with Crippen LogP contribution in [0.25, 0.3) is 0 Å². The molecule has 0 unspecified atom stereocenters. The summed E-state index contributed by atoms with van der Waals surface area (Å²) in [7, 11) is 0. The largest absolute Gasteiger partial charge is 0.377 e. The zero-order valence-corrected chi connectivity index (χ0v) is 11.4. The molecular weight excluding hydrogens is 261 g/mol. The van der Waals surface area contributed by atoms with Gasteiger partial charge >= 0.3 is 0 Å². The van der Waals surface area contributed by atoms with Gasteiger partial charge in [-0.2, -0.15) is 0 Å². The van der Waals surface area contributed by atoms with Crippen LogP contribution in [0, 0.1) is 0 Å². The number of aromatic nitrogens is 2. The predicted octanol–water partition coefficient (Wildman–Crippen LogP) is 2.48. The van der Waals surface area contributed by atoms with E-state index in [9.17, 15) is 0 Å². The van der Waals surface area contributed by atoms with E-state index in [-0.39, 0.29) is 5.54 Å². The Balaban J connectivity index is 2.42. The van der Waals surface area contributed by atoms with Gasteiger partial charge in [-0.1, -0.05) is 11.6 Å². The smallest absolute Gasteiger partial charge is 0.138 e. The molecule has 2 rings (SSSR count). The molecule has 0 aromatic carbocycles. The summed E-state index contributed by atoms with van der Waals surface area (Å²) in [5, 5.41) is 0.423. The quantitative estimate of drug-likeness (QED) is 0.614. The first-order chi connectivity index (χ1) is 8.06. The highest BCUT2D eigenvalue weighted by Gasteiger charge is 2.33. The van der Waals surface area contributed by atoms with Gasteiger partial charge in [0.1, 0.15) is 17.3 Å². The minimum atomic E-state index is -0.114. The fourth-order valence-corrected chi connectivity index (χ4v) is 2.49. The van der Waals surface area contributed by atoms with Gasteiger partial charge in [0.05, 0.1) is 24.6 Å². The van der Waals surface area contributed by atoms with Crippen LogP contribution in [0.2, 0.25) is 5.15 Å². The lowest BCUT2D eigenvalue weighted by Gasteiger charge is -2.43. The summed E-state index contributed by atoms with van der Waals surface area (Å²) < 4.78 is 5.49. The van der Waals surface area contributed by atoms with Gasteiger partial charge < -0.3 is 9.64 Å². The third-order valence-corrected chi connectivity index (χ3v) is 3.50. The molecule has 1 saturated heterocycles. The summed E-state index contributed by atoms with van der Waals surface area (Å²) in [4.78, 5) is 10.5. The van der Waals surface area contributed by atoms with Crippen LogP contribution in [-0.4, -0.2) is 35.3 Å². The van der Waals surface area contributed by atoms with E-state index in [2.05, 4.69) is 28.7 Å². The van der Waals surface area contributed by atoms with E-state index in [1.54, 1.807) is 0 Å². The average Bonchev–Trinajstić information content (AvgIpc) is 2.28. The number of morpholine rings is 1. The molecule has 1 fully saturated rings. The van der Waals surface area contributed by atoms with Crippen LogP contribution in [0.3, 0.4) is 0 Å². The molecule has 1 aliphatic rings. The van der Waals surface area contributed by atoms with Gasteiger partial charge in [0.25, 0.3) is 0 Å². The molecule has 17 heavy (non-hydrogen) atoms. The van der Waals surface area contributed by atoms with Gasteiger partial charge in [-0.05, 0) is 13.8 Å². The minimum Gasteiger partial charge on any atom is -0.377 e. The SMILES string of the molecule is CC1(C)COCCN1c1ncnc(Cl)c1CCl. The summed E-state index contributed by atoms with van der Waals surface area (Å²) in [5.74, 6) is 1.12. The van der Waals surface area contributed by atoms with Crippen molar-refractivity contribution in [1.82, 2.24) is 9.97 Å². The zero-order chi connectivity index (χ0) is 12.5. The fourth-order valence-electron chi connectivity index (χ4n) is 1.98. The summed E-state index contributed by atoms with van der Waals surface area (Å²) >= 11 is 12.0. The Morgan fingerprint density at radius 1 is 1.47 bits per heavy atom. The van der Waals surface area contributed by atoms with E-state index >= 15 is 0 Å². The van der Waals surface area contributed by atoms with E-state index in [4.69, 9.17) is 27.9 Å². The summed E-state index contributed by atoms with van der Waals surface area (Å²) in [6.07, 6.45) is 1.47. The topological polar surface area (TPSA) is 38.2 Å². The van der Waals surface area contributed by atoms with Crippen LogP contribution < -0.4 is 4.90 Å². The van der Waals surface area contributed by atoms with Gasteiger partial charge in [-0.25, -0.2) is 9.97 Å². The van der Waals surface area contributed by atoms with Crippen molar-refractivity contribution in [3.8, 4) is 0 Å². The Bertz CT molecular complexity index is 412. The normalized spacial score (nSPS) is 19.4. The number of halogens is 2. The first-order valence-electron chi connectivity index (χ1n) is 5.47. The van der Waals surface area contributed by atoms with Crippen LogP contribution in [0.4, 0.5) is 5.82 Å². The highest BCUT2D eigenvalue weighted by molar-refractivity contribution is 6.31. The third-order valence-electron chi connectivity index (χ3n) is 2.90. The third kappa shape index (κ3) is 2.49. The molecule has 2 heterocycles. The molecule has 0 atom stereocenters. The van der Waals surface area contributed by atoms with Crippen LogP contribution >= 0.6 is 23.2 Å². The molecule has 94 valence electrons. The molecule has 1 aromatic rings. The van der Waals surface area contributed by atoms with Gasteiger partial charge in [-0.3, -0.25) is 0 Å². The van der Waals surface area contributed by atoms with Gasteiger partial charge in [0, 0.05) is 12.1 Å². The average molecular weight is 276 g/mol. The van der Waals surface area contributed by atoms with E-state index < -0.39 is 0 Å². The lowest BCUT2D eigenvalue weighted by Crippen LogP contribution is -2.53. The van der Waals surface area contributed by atoms with Crippen LogP contribution in [0.5, 0.6) is 0 Å². The number of hydrogen-bond acceptors (Lipinski definition) is 4. The van der Waals surface area contributed by atoms with E-state index in [0.717, 1.165) is 17.9 Å². The van der Waals surface area contributed by atoms with Crippen molar-refractivity contribution in [3.05, 3.63) is 17.0 Å². The van der Waals surface area contributed by atoms with Gasteiger partial charge in [0.2, 0.25) is 0 Å². The minimum absolute atomic E-state index is 0.114. The Kier molecular flexibility index (Phi) is 3.76. The number of alkyl halides is 1. The Morgan fingerprint density at radius 2 is 2.24 bits per heavy atom. The van der Waals surface area contributed by atoms with Gasteiger partial charge in [0.15, 0.2) is 0 Å². The zero-order valence-electron chi connectivity index (χ0n) is 9.91. The molecular formula is C11H15Cl2N3O. The number of rotatable bonds is 2. The molecule has 0 amide bonds. The Labute approximate surface area is 111 Å². The lowest BCUT2D eigenvalue weighted by molar-refractivity contribution is 0.0638. The highest BCUT2D eigenvalue weighted by atomic mass is 35.5. The molecule has 0 N–H and O–H groups in total. The first-order valence-corrected chi connectivity index (χ1v) is 6.38. The van der Waals surface area contributed by atoms with E-state index in [1.165, 1.54) is 6.33 Å². The molecule has 6 heteroatoms. The molecule has 0 radical (unpaired) electrons. The standard InChI is InChI=1S/C11H15Cl2N3O/c1-11(2)6-17-4-3-16(11)10-8(5-12)9(13)14-7-15-10/h7H,3-6H2,1-2H3. The molecule has 0 saturated carbocycles. The van der Waals surface area contributed by atoms with Crippen molar-refractivity contribution in [2.24, 2.45) is 0 Å². The number of anilines is 1.